The molecule has 12 nitrogen and oxygen atoms in total. The van der Waals surface area contributed by atoms with Crippen molar-refractivity contribution in [2.45, 2.75) is 36.8 Å². The predicted octanol–water partition coefficient (Wildman–Crippen LogP) is 2.09. The molecule has 36 heavy (non-hydrogen) atoms. The van der Waals surface area contributed by atoms with Gasteiger partial charge in [0.05, 0.1) is 51.1 Å². The highest BCUT2D eigenvalue weighted by atomic mass is 32.2. The fourth-order valence-electron chi connectivity index (χ4n) is 3.71. The first kappa shape index (κ1) is 27.4. The molecule has 0 fully saturated rings. The lowest BCUT2D eigenvalue weighted by molar-refractivity contribution is 0.0889. The number of rotatable bonds is 13. The Morgan fingerprint density at radius 1 is 0.944 bits per heavy atom. The Hall–Kier alpha value is -3.16. The molecular formula is C23H32N6O6S. The maximum atomic E-state index is 13.5. The molecule has 3 aromatic rings. The van der Waals surface area contributed by atoms with E-state index in [0.717, 1.165) is 0 Å². The summed E-state index contributed by atoms with van der Waals surface area (Å²) in [6.45, 7) is 3.92. The van der Waals surface area contributed by atoms with Gasteiger partial charge in [-0.3, -0.25) is 0 Å². The van der Waals surface area contributed by atoms with Crippen molar-refractivity contribution in [1.82, 2.24) is 29.7 Å². The van der Waals surface area contributed by atoms with E-state index in [0.29, 0.717) is 29.0 Å². The van der Waals surface area contributed by atoms with Gasteiger partial charge in [-0.1, -0.05) is 13.0 Å². The Kier molecular flexibility index (Phi) is 9.29. The van der Waals surface area contributed by atoms with Crippen molar-refractivity contribution in [3.05, 3.63) is 42.2 Å². The van der Waals surface area contributed by atoms with Gasteiger partial charge in [0.1, 0.15) is 23.1 Å². The summed E-state index contributed by atoms with van der Waals surface area (Å²) in [6, 6.07) is 4.85. The number of sulfone groups is 1. The number of aromatic nitrogens is 6. The highest BCUT2D eigenvalue weighted by Gasteiger charge is 2.33. The van der Waals surface area contributed by atoms with Crippen LogP contribution in [0.5, 0.6) is 11.6 Å². The minimum atomic E-state index is -3.71. The summed E-state index contributed by atoms with van der Waals surface area (Å²) in [4.78, 5) is 13.0. The minimum Gasteiger partial charge on any atom is -0.494 e. The second-order valence-electron chi connectivity index (χ2n) is 8.22. The second-order valence-corrected chi connectivity index (χ2v) is 10.6. The van der Waals surface area contributed by atoms with E-state index in [1.54, 1.807) is 50.8 Å². The molecule has 0 saturated carbocycles. The third-order valence-electron chi connectivity index (χ3n) is 5.90. The molecule has 0 aliphatic heterocycles. The first-order valence-corrected chi connectivity index (χ1v) is 13.0. The molecule has 0 radical (unpaired) electrons. The van der Waals surface area contributed by atoms with Crippen LogP contribution in [0.1, 0.15) is 37.5 Å². The van der Waals surface area contributed by atoms with Crippen LogP contribution < -0.4 is 9.47 Å². The van der Waals surface area contributed by atoms with Gasteiger partial charge < -0.3 is 23.5 Å². The van der Waals surface area contributed by atoms with Crippen molar-refractivity contribution < 1.29 is 27.4 Å². The Morgan fingerprint density at radius 2 is 1.61 bits per heavy atom. The summed E-state index contributed by atoms with van der Waals surface area (Å²) in [5.74, 6) is 1.12. The van der Waals surface area contributed by atoms with Crippen molar-refractivity contribution in [2.24, 2.45) is 0 Å². The Bertz CT molecular complexity index is 1230. The molecule has 3 heterocycles. The molecule has 0 aromatic carbocycles. The molecule has 0 aliphatic carbocycles. The third kappa shape index (κ3) is 6.15. The number of hydrogen-bond acceptors (Lipinski definition) is 11. The second kappa shape index (κ2) is 12.2. The van der Waals surface area contributed by atoms with E-state index in [2.05, 4.69) is 25.1 Å². The van der Waals surface area contributed by atoms with Crippen LogP contribution in [0.4, 0.5) is 0 Å². The highest BCUT2D eigenvalue weighted by molar-refractivity contribution is 7.91. The van der Waals surface area contributed by atoms with Crippen molar-refractivity contribution in [2.75, 3.05) is 41.7 Å². The van der Waals surface area contributed by atoms with Gasteiger partial charge in [-0.2, -0.15) is 0 Å². The first-order chi connectivity index (χ1) is 17.2. The van der Waals surface area contributed by atoms with Crippen LogP contribution in [0.2, 0.25) is 0 Å². The van der Waals surface area contributed by atoms with Gasteiger partial charge in [0, 0.05) is 26.2 Å². The number of pyridine rings is 1. The van der Waals surface area contributed by atoms with Crippen LogP contribution in [0.25, 0.3) is 11.5 Å². The van der Waals surface area contributed by atoms with E-state index in [9.17, 15) is 8.42 Å². The number of hydrogen-bond donors (Lipinski definition) is 0. The average Bonchev–Trinajstić information content (AvgIpc) is 3.30. The number of nitrogens with zero attached hydrogens (tertiary/aromatic N) is 6. The molecule has 196 valence electrons. The topological polar surface area (TPSA) is 140 Å². The smallest absolute Gasteiger partial charge is 0.213 e. The molecule has 3 aromatic heterocycles. The number of methoxy groups -OCH3 is 4. The molecule has 13 heteroatoms. The van der Waals surface area contributed by atoms with E-state index < -0.39 is 21.0 Å². The van der Waals surface area contributed by atoms with Crippen LogP contribution in [0, 0.1) is 0 Å². The van der Waals surface area contributed by atoms with Gasteiger partial charge in [-0.05, 0) is 13.0 Å². The van der Waals surface area contributed by atoms with E-state index in [4.69, 9.17) is 18.9 Å². The van der Waals surface area contributed by atoms with Crippen LogP contribution in [0.3, 0.4) is 0 Å². The molecule has 0 unspecified atom stereocenters. The first-order valence-electron chi connectivity index (χ1n) is 11.3. The molecule has 0 bridgehead atoms. The lowest BCUT2D eigenvalue weighted by Gasteiger charge is -2.23. The summed E-state index contributed by atoms with van der Waals surface area (Å²) >= 11 is 0. The molecule has 0 aliphatic rings. The van der Waals surface area contributed by atoms with E-state index in [1.807, 2.05) is 0 Å². The monoisotopic (exact) mass is 520 g/mol. The zero-order valence-corrected chi connectivity index (χ0v) is 22.1. The molecule has 0 N–H and O–H groups in total. The average molecular weight is 521 g/mol. The molecule has 3 rings (SSSR count). The lowest BCUT2D eigenvalue weighted by Crippen LogP contribution is -2.29. The summed E-state index contributed by atoms with van der Waals surface area (Å²) in [5.41, 5.74) is 0.482. The fourth-order valence-corrected chi connectivity index (χ4v) is 5.28. The molecule has 2 atom stereocenters. The normalized spacial score (nSPS) is 13.5. The quantitative estimate of drug-likeness (QED) is 0.327. The van der Waals surface area contributed by atoms with E-state index >= 15 is 0 Å². The van der Waals surface area contributed by atoms with E-state index in [-0.39, 0.29) is 30.8 Å². The third-order valence-corrected chi connectivity index (χ3v) is 8.11. The van der Waals surface area contributed by atoms with E-state index in [1.165, 1.54) is 26.6 Å². The van der Waals surface area contributed by atoms with Gasteiger partial charge in [0.25, 0.3) is 0 Å². The highest BCUT2D eigenvalue weighted by Crippen LogP contribution is 2.28. The maximum Gasteiger partial charge on any atom is 0.213 e. The van der Waals surface area contributed by atoms with Gasteiger partial charge in [0.15, 0.2) is 21.4 Å². The van der Waals surface area contributed by atoms with Crippen molar-refractivity contribution in [3.63, 3.8) is 0 Å². The molecule has 0 amide bonds. The van der Waals surface area contributed by atoms with Crippen LogP contribution in [-0.4, -0.2) is 85.0 Å². The molecule has 0 spiro atoms. The molecule has 0 saturated heterocycles. The number of ether oxygens (including phenoxy) is 4. The van der Waals surface area contributed by atoms with Crippen molar-refractivity contribution in [3.8, 4) is 23.1 Å². The fraction of sp³-hybridized carbons (Fsp3) is 0.522. The zero-order valence-electron chi connectivity index (χ0n) is 21.3. The van der Waals surface area contributed by atoms with Crippen molar-refractivity contribution in [1.29, 1.82) is 0 Å². The van der Waals surface area contributed by atoms with Crippen LogP contribution in [-0.2, 0) is 25.1 Å². The van der Waals surface area contributed by atoms with Crippen LogP contribution in [0.15, 0.2) is 30.6 Å². The van der Waals surface area contributed by atoms with Gasteiger partial charge >= 0.3 is 0 Å². The Balaban J connectivity index is 1.99. The van der Waals surface area contributed by atoms with Gasteiger partial charge in [-0.25, -0.2) is 23.4 Å². The maximum absolute atomic E-state index is 13.5. The van der Waals surface area contributed by atoms with Gasteiger partial charge in [0.2, 0.25) is 5.88 Å². The van der Waals surface area contributed by atoms with Crippen molar-refractivity contribution >= 4 is 9.84 Å². The lowest BCUT2D eigenvalue weighted by atomic mass is 10.1. The van der Waals surface area contributed by atoms with Crippen LogP contribution >= 0.6 is 0 Å². The SMILES string of the molecule is COCC(COC)n1c(CS(=O)(=O)[C@@H](C)[C@H](C)c2ncc(OC)cn2)nnc1-c1cccc(OC)n1. The largest absolute Gasteiger partial charge is 0.494 e. The summed E-state index contributed by atoms with van der Waals surface area (Å²) < 4.78 is 49.8. The van der Waals surface area contributed by atoms with Gasteiger partial charge in [-0.15, -0.1) is 10.2 Å². The summed E-state index contributed by atoms with van der Waals surface area (Å²) in [6.07, 6.45) is 3.03. The summed E-state index contributed by atoms with van der Waals surface area (Å²) in [7, 11) is 2.45. The molecular weight excluding hydrogens is 488 g/mol. The predicted molar refractivity (Wildman–Crippen MR) is 132 cm³/mol. The Labute approximate surface area is 210 Å². The Morgan fingerprint density at radius 3 is 2.19 bits per heavy atom. The zero-order chi connectivity index (χ0) is 26.3. The standard InChI is InChI=1S/C23H32N6O6S/c1-15(22-24-10-18(34-5)11-25-22)16(2)36(30,31)14-20-27-28-23(19-8-7-9-21(26-19)35-6)29(20)17(12-32-3)13-33-4/h7-11,15-17H,12-14H2,1-6H3/t15-,16-/m0/s1. The summed E-state index contributed by atoms with van der Waals surface area (Å²) in [5, 5.41) is 7.75. The minimum absolute atomic E-state index is 0.252.